The lowest BCUT2D eigenvalue weighted by Crippen LogP contribution is -1.99. The second-order valence-electron chi connectivity index (χ2n) is 3.94. The molecule has 0 atom stereocenters. The van der Waals surface area contributed by atoms with Crippen LogP contribution >= 0.6 is 27.5 Å². The molecule has 100 valence electrons. The number of nitrogen functional groups attached to an aromatic ring is 1. The molecule has 0 radical (unpaired) electrons. The predicted molar refractivity (Wildman–Crippen MR) is 80.9 cm³/mol. The summed E-state index contributed by atoms with van der Waals surface area (Å²) in [4.78, 5) is 0. The normalized spacial score (nSPS) is 10.3. The van der Waals surface area contributed by atoms with Crippen LogP contribution in [0.25, 0.3) is 0 Å². The van der Waals surface area contributed by atoms with Crippen LogP contribution < -0.4 is 15.2 Å². The van der Waals surface area contributed by atoms with Gasteiger partial charge >= 0.3 is 0 Å². The Morgan fingerprint density at radius 2 is 1.95 bits per heavy atom. The lowest BCUT2D eigenvalue weighted by Gasteiger charge is -2.10. The molecule has 0 aliphatic rings. The number of nitrogens with two attached hydrogens (primary N) is 1. The third kappa shape index (κ3) is 3.55. The van der Waals surface area contributed by atoms with Crippen LogP contribution in [0.4, 0.5) is 5.69 Å². The van der Waals surface area contributed by atoms with Gasteiger partial charge in [0.1, 0.15) is 18.1 Å². The van der Waals surface area contributed by atoms with Crippen LogP contribution in [0.15, 0.2) is 40.9 Å². The van der Waals surface area contributed by atoms with E-state index >= 15 is 0 Å². The SMILES string of the molecule is COc1ccc(COc2cc(Br)ccc2Cl)cc1N. The summed E-state index contributed by atoms with van der Waals surface area (Å²) in [5.74, 6) is 1.29. The van der Waals surface area contributed by atoms with Crippen molar-refractivity contribution in [3.05, 3.63) is 51.5 Å². The van der Waals surface area contributed by atoms with Gasteiger partial charge in [-0.3, -0.25) is 0 Å². The molecule has 2 aromatic rings. The Balaban J connectivity index is 2.10. The van der Waals surface area contributed by atoms with Gasteiger partial charge in [0.2, 0.25) is 0 Å². The number of rotatable bonds is 4. The molecule has 0 fully saturated rings. The molecule has 5 heteroatoms. The third-order valence-corrected chi connectivity index (χ3v) is 3.39. The van der Waals surface area contributed by atoms with Crippen molar-refractivity contribution in [1.29, 1.82) is 0 Å². The van der Waals surface area contributed by atoms with E-state index in [1.807, 2.05) is 30.3 Å². The van der Waals surface area contributed by atoms with Crippen LogP contribution in [-0.4, -0.2) is 7.11 Å². The minimum absolute atomic E-state index is 0.393. The van der Waals surface area contributed by atoms with Crippen LogP contribution in [0, 0.1) is 0 Å². The first-order valence-corrected chi connectivity index (χ1v) is 6.77. The molecule has 0 bridgehead atoms. The maximum Gasteiger partial charge on any atom is 0.141 e. The molecule has 0 saturated carbocycles. The fraction of sp³-hybridized carbons (Fsp3) is 0.143. The van der Waals surface area contributed by atoms with Crippen molar-refractivity contribution in [2.45, 2.75) is 6.61 Å². The number of ether oxygens (including phenoxy) is 2. The minimum Gasteiger partial charge on any atom is -0.495 e. The van der Waals surface area contributed by atoms with Gasteiger partial charge in [-0.1, -0.05) is 33.6 Å². The van der Waals surface area contributed by atoms with E-state index in [1.165, 1.54) is 0 Å². The van der Waals surface area contributed by atoms with E-state index in [2.05, 4.69) is 15.9 Å². The molecule has 0 aliphatic heterocycles. The highest BCUT2D eigenvalue weighted by Gasteiger charge is 2.05. The molecule has 0 unspecified atom stereocenters. The quantitative estimate of drug-likeness (QED) is 0.844. The molecular formula is C14H13BrClNO2. The second-order valence-corrected chi connectivity index (χ2v) is 5.26. The van der Waals surface area contributed by atoms with Gasteiger partial charge in [-0.2, -0.15) is 0 Å². The Morgan fingerprint density at radius 3 is 2.63 bits per heavy atom. The molecule has 0 saturated heterocycles. The van der Waals surface area contributed by atoms with Gasteiger partial charge in [-0.05, 0) is 35.9 Å². The fourth-order valence-corrected chi connectivity index (χ4v) is 2.13. The lowest BCUT2D eigenvalue weighted by molar-refractivity contribution is 0.306. The molecule has 0 amide bonds. The van der Waals surface area contributed by atoms with Crippen molar-refractivity contribution >= 4 is 33.2 Å². The molecule has 0 aromatic heterocycles. The van der Waals surface area contributed by atoms with Gasteiger partial charge in [0, 0.05) is 4.47 Å². The molecule has 2 aromatic carbocycles. The Hall–Kier alpha value is -1.39. The summed E-state index contributed by atoms with van der Waals surface area (Å²) in [5, 5.41) is 0.574. The maximum atomic E-state index is 6.05. The fourth-order valence-electron chi connectivity index (χ4n) is 1.62. The number of anilines is 1. The number of halogens is 2. The Bertz CT molecular complexity index is 590. The van der Waals surface area contributed by atoms with Crippen molar-refractivity contribution in [1.82, 2.24) is 0 Å². The smallest absolute Gasteiger partial charge is 0.141 e. The first-order valence-electron chi connectivity index (χ1n) is 5.60. The van der Waals surface area contributed by atoms with Gasteiger partial charge < -0.3 is 15.2 Å². The number of benzene rings is 2. The van der Waals surface area contributed by atoms with Gasteiger partial charge in [-0.25, -0.2) is 0 Å². The molecule has 0 heterocycles. The second kappa shape index (κ2) is 6.17. The summed E-state index contributed by atoms with van der Waals surface area (Å²) >= 11 is 9.43. The highest BCUT2D eigenvalue weighted by atomic mass is 79.9. The van der Waals surface area contributed by atoms with Crippen LogP contribution in [0.2, 0.25) is 5.02 Å². The molecule has 2 N–H and O–H groups in total. The standard InChI is InChI=1S/C14H13BrClNO2/c1-18-13-5-2-9(6-12(13)17)8-19-14-7-10(15)3-4-11(14)16/h2-7H,8,17H2,1H3. The van der Waals surface area contributed by atoms with Gasteiger partial charge in [0.15, 0.2) is 0 Å². The van der Waals surface area contributed by atoms with E-state index in [4.69, 9.17) is 26.8 Å². The van der Waals surface area contributed by atoms with Gasteiger partial charge in [0.05, 0.1) is 17.8 Å². The third-order valence-electron chi connectivity index (χ3n) is 2.58. The monoisotopic (exact) mass is 341 g/mol. The summed E-state index contributed by atoms with van der Waals surface area (Å²) < 4.78 is 11.7. The van der Waals surface area contributed by atoms with E-state index in [-0.39, 0.29) is 0 Å². The summed E-state index contributed by atoms with van der Waals surface area (Å²) in [6.07, 6.45) is 0. The minimum atomic E-state index is 0.393. The zero-order valence-corrected chi connectivity index (χ0v) is 12.7. The molecule has 3 nitrogen and oxygen atoms in total. The van der Waals surface area contributed by atoms with E-state index in [0.717, 1.165) is 10.0 Å². The number of hydrogen-bond donors (Lipinski definition) is 1. The number of hydrogen-bond acceptors (Lipinski definition) is 3. The summed E-state index contributed by atoms with van der Waals surface area (Å²) in [6, 6.07) is 11.0. The molecule has 2 rings (SSSR count). The predicted octanol–water partition coefficient (Wildman–Crippen LogP) is 4.27. The van der Waals surface area contributed by atoms with Gasteiger partial charge in [-0.15, -0.1) is 0 Å². The Morgan fingerprint density at radius 1 is 1.16 bits per heavy atom. The van der Waals surface area contributed by atoms with E-state index in [9.17, 15) is 0 Å². The van der Waals surface area contributed by atoms with E-state index < -0.39 is 0 Å². The lowest BCUT2D eigenvalue weighted by atomic mass is 10.2. The van der Waals surface area contributed by atoms with Crippen LogP contribution in [0.3, 0.4) is 0 Å². The highest BCUT2D eigenvalue weighted by Crippen LogP contribution is 2.29. The molecule has 0 spiro atoms. The first kappa shape index (κ1) is 14.0. The Labute approximate surface area is 125 Å². The first-order chi connectivity index (χ1) is 9.10. The Kier molecular flexibility index (Phi) is 4.56. The summed E-state index contributed by atoms with van der Waals surface area (Å²) in [7, 11) is 1.59. The summed E-state index contributed by atoms with van der Waals surface area (Å²) in [6.45, 7) is 0.393. The van der Waals surface area contributed by atoms with E-state index in [0.29, 0.717) is 28.8 Å². The van der Waals surface area contributed by atoms with Crippen LogP contribution in [0.5, 0.6) is 11.5 Å². The molecular weight excluding hydrogens is 330 g/mol. The van der Waals surface area contributed by atoms with Crippen LogP contribution in [-0.2, 0) is 6.61 Å². The van der Waals surface area contributed by atoms with Crippen molar-refractivity contribution in [2.75, 3.05) is 12.8 Å². The highest BCUT2D eigenvalue weighted by molar-refractivity contribution is 9.10. The maximum absolute atomic E-state index is 6.05. The van der Waals surface area contributed by atoms with Crippen molar-refractivity contribution in [3.63, 3.8) is 0 Å². The van der Waals surface area contributed by atoms with Crippen molar-refractivity contribution in [2.24, 2.45) is 0 Å². The largest absolute Gasteiger partial charge is 0.495 e. The molecule has 19 heavy (non-hydrogen) atoms. The average molecular weight is 343 g/mol. The zero-order chi connectivity index (χ0) is 13.8. The zero-order valence-electron chi connectivity index (χ0n) is 10.3. The van der Waals surface area contributed by atoms with Crippen molar-refractivity contribution < 1.29 is 9.47 Å². The average Bonchev–Trinajstić information content (AvgIpc) is 2.40. The van der Waals surface area contributed by atoms with Gasteiger partial charge in [0.25, 0.3) is 0 Å². The topological polar surface area (TPSA) is 44.5 Å². The summed E-state index contributed by atoms with van der Waals surface area (Å²) in [5.41, 5.74) is 7.38. The molecule has 0 aliphatic carbocycles. The van der Waals surface area contributed by atoms with E-state index in [1.54, 1.807) is 13.2 Å². The van der Waals surface area contributed by atoms with Crippen molar-refractivity contribution in [3.8, 4) is 11.5 Å². The number of methoxy groups -OCH3 is 1. The van der Waals surface area contributed by atoms with Crippen LogP contribution in [0.1, 0.15) is 5.56 Å².